The van der Waals surface area contributed by atoms with E-state index in [1.807, 2.05) is 13.0 Å². The average Bonchev–Trinajstić information content (AvgIpc) is 3.08. The Morgan fingerprint density at radius 3 is 2.42 bits per heavy atom. The molecule has 1 amide bonds. The summed E-state index contributed by atoms with van der Waals surface area (Å²) in [5, 5.41) is 11.0. The van der Waals surface area contributed by atoms with Crippen LogP contribution in [0.4, 0.5) is 0 Å². The third-order valence-corrected chi connectivity index (χ3v) is 5.46. The lowest BCUT2D eigenvalue weighted by Crippen LogP contribution is -2.32. The first-order valence-electron chi connectivity index (χ1n) is 11.3. The van der Waals surface area contributed by atoms with Crippen LogP contribution in [0.3, 0.4) is 0 Å². The number of nitrogens with zero attached hydrogens (tertiary/aromatic N) is 1. The number of Topliss-reactive ketones (excluding diaryl/α,β-unsaturated/α-hetero) is 1. The molecular weight excluding hydrogens is 422 g/mol. The van der Waals surface area contributed by atoms with Crippen molar-refractivity contribution in [2.45, 2.75) is 32.7 Å². The molecule has 1 heterocycles. The number of amides is 1. The van der Waals surface area contributed by atoms with Crippen LogP contribution < -0.4 is 9.47 Å². The van der Waals surface area contributed by atoms with E-state index in [-0.39, 0.29) is 24.5 Å². The Bertz CT molecular complexity index is 1000. The van der Waals surface area contributed by atoms with Gasteiger partial charge in [-0.25, -0.2) is 0 Å². The molecule has 33 heavy (non-hydrogen) atoms. The van der Waals surface area contributed by atoms with Crippen molar-refractivity contribution in [1.82, 2.24) is 4.90 Å². The number of carbonyl (C=O) groups excluding carboxylic acids is 2. The number of rotatable bonds is 11. The summed E-state index contributed by atoms with van der Waals surface area (Å²) < 4.78 is 16.8. The number of ether oxygens (including phenoxy) is 3. The van der Waals surface area contributed by atoms with E-state index in [0.717, 1.165) is 12.8 Å². The van der Waals surface area contributed by atoms with Gasteiger partial charge in [-0.3, -0.25) is 9.59 Å². The van der Waals surface area contributed by atoms with E-state index in [9.17, 15) is 14.7 Å². The molecule has 3 rings (SSSR count). The summed E-state index contributed by atoms with van der Waals surface area (Å²) in [7, 11) is 1.53. The second kappa shape index (κ2) is 11.5. The van der Waals surface area contributed by atoms with E-state index in [2.05, 4.69) is 6.92 Å². The predicted octanol–water partition coefficient (Wildman–Crippen LogP) is 4.33. The first-order chi connectivity index (χ1) is 16.0. The van der Waals surface area contributed by atoms with Gasteiger partial charge in [-0.2, -0.15) is 0 Å². The molecule has 0 spiro atoms. The molecule has 1 aliphatic rings. The largest absolute Gasteiger partial charge is 0.507 e. The number of carbonyl (C=O) groups is 2. The van der Waals surface area contributed by atoms with E-state index < -0.39 is 17.7 Å². The number of ketones is 1. The third kappa shape index (κ3) is 5.37. The highest BCUT2D eigenvalue weighted by molar-refractivity contribution is 6.46. The van der Waals surface area contributed by atoms with Crippen LogP contribution in [-0.2, 0) is 14.3 Å². The molecule has 0 saturated carbocycles. The van der Waals surface area contributed by atoms with E-state index in [1.54, 1.807) is 42.5 Å². The molecule has 1 N–H and O–H groups in total. The fraction of sp³-hybridized carbons (Fsp3) is 0.385. The Morgan fingerprint density at radius 1 is 1.00 bits per heavy atom. The Morgan fingerprint density at radius 2 is 1.76 bits per heavy atom. The molecule has 1 atom stereocenters. The number of benzene rings is 2. The third-order valence-electron chi connectivity index (χ3n) is 5.46. The number of unbranched alkanes of at least 4 members (excludes halogenated alkanes) is 1. The zero-order valence-corrected chi connectivity index (χ0v) is 19.4. The summed E-state index contributed by atoms with van der Waals surface area (Å²) in [4.78, 5) is 27.4. The van der Waals surface area contributed by atoms with Gasteiger partial charge in [0.05, 0.1) is 31.4 Å². The Kier molecular flexibility index (Phi) is 8.49. The van der Waals surface area contributed by atoms with E-state index >= 15 is 0 Å². The van der Waals surface area contributed by atoms with E-state index in [1.165, 1.54) is 12.0 Å². The van der Waals surface area contributed by atoms with Gasteiger partial charge in [0.25, 0.3) is 11.7 Å². The molecule has 7 heteroatoms. The lowest BCUT2D eigenvalue weighted by molar-refractivity contribution is -0.140. The number of aliphatic hydroxyl groups is 1. The molecular formula is C26H31NO6. The zero-order valence-electron chi connectivity index (χ0n) is 19.4. The fourth-order valence-electron chi connectivity index (χ4n) is 3.81. The molecule has 0 aliphatic carbocycles. The van der Waals surface area contributed by atoms with Crippen molar-refractivity contribution in [3.8, 4) is 11.5 Å². The standard InChI is InChI=1S/C26H31NO6/c1-4-6-15-33-20-13-12-19(17-21(20)32-5-2)23-22(24(28)18-10-8-7-9-11-18)25(29)26(30)27(23)14-16-31-3/h7-13,17,23,28H,4-6,14-16H2,1-3H3/b24-22+. The molecule has 0 radical (unpaired) electrons. The summed E-state index contributed by atoms with van der Waals surface area (Å²) in [6, 6.07) is 13.3. The average molecular weight is 454 g/mol. The van der Waals surface area contributed by atoms with Crippen LogP contribution in [0.15, 0.2) is 54.1 Å². The number of hydrogen-bond acceptors (Lipinski definition) is 6. The lowest BCUT2D eigenvalue weighted by atomic mass is 9.95. The summed E-state index contributed by atoms with van der Waals surface area (Å²) in [6.07, 6.45) is 1.93. The van der Waals surface area contributed by atoms with Gasteiger partial charge in [-0.1, -0.05) is 49.7 Å². The van der Waals surface area contributed by atoms with Gasteiger partial charge in [0, 0.05) is 19.2 Å². The summed E-state index contributed by atoms with van der Waals surface area (Å²) in [5.74, 6) is -0.469. The topological polar surface area (TPSA) is 85.3 Å². The van der Waals surface area contributed by atoms with Crippen LogP contribution in [0.1, 0.15) is 43.9 Å². The molecule has 2 aromatic rings. The first-order valence-corrected chi connectivity index (χ1v) is 11.3. The minimum atomic E-state index is -0.774. The maximum absolute atomic E-state index is 13.0. The van der Waals surface area contributed by atoms with Gasteiger partial charge >= 0.3 is 0 Å². The molecule has 1 aliphatic heterocycles. The Balaban J connectivity index is 2.10. The molecule has 1 fully saturated rings. The number of aliphatic hydroxyl groups excluding tert-OH is 1. The fourth-order valence-corrected chi connectivity index (χ4v) is 3.81. The van der Waals surface area contributed by atoms with Gasteiger partial charge in [-0.15, -0.1) is 0 Å². The summed E-state index contributed by atoms with van der Waals surface area (Å²) >= 11 is 0. The highest BCUT2D eigenvalue weighted by atomic mass is 16.5. The van der Waals surface area contributed by atoms with Crippen LogP contribution >= 0.6 is 0 Å². The second-order valence-corrected chi connectivity index (χ2v) is 7.69. The second-order valence-electron chi connectivity index (χ2n) is 7.69. The highest BCUT2D eigenvalue weighted by Crippen LogP contribution is 2.42. The van der Waals surface area contributed by atoms with E-state index in [4.69, 9.17) is 14.2 Å². The van der Waals surface area contributed by atoms with Crippen molar-refractivity contribution in [3.63, 3.8) is 0 Å². The van der Waals surface area contributed by atoms with Crippen molar-refractivity contribution in [2.24, 2.45) is 0 Å². The van der Waals surface area contributed by atoms with Crippen LogP contribution in [0.2, 0.25) is 0 Å². The van der Waals surface area contributed by atoms with Gasteiger partial charge < -0.3 is 24.2 Å². The van der Waals surface area contributed by atoms with Crippen molar-refractivity contribution in [1.29, 1.82) is 0 Å². The van der Waals surface area contributed by atoms with Crippen molar-refractivity contribution < 1.29 is 28.9 Å². The van der Waals surface area contributed by atoms with Gasteiger partial charge in [0.1, 0.15) is 5.76 Å². The number of hydrogen-bond donors (Lipinski definition) is 1. The summed E-state index contributed by atoms with van der Waals surface area (Å²) in [6.45, 7) is 5.42. The van der Waals surface area contributed by atoms with Gasteiger partial charge in [0.15, 0.2) is 11.5 Å². The molecule has 1 unspecified atom stereocenters. The highest BCUT2D eigenvalue weighted by Gasteiger charge is 2.46. The van der Waals surface area contributed by atoms with Crippen molar-refractivity contribution in [3.05, 3.63) is 65.2 Å². The van der Waals surface area contributed by atoms with E-state index in [0.29, 0.717) is 35.8 Å². The predicted molar refractivity (Wildman–Crippen MR) is 125 cm³/mol. The Labute approximate surface area is 194 Å². The lowest BCUT2D eigenvalue weighted by Gasteiger charge is -2.26. The van der Waals surface area contributed by atoms with Crippen LogP contribution in [-0.4, -0.2) is 55.2 Å². The number of likely N-dealkylation sites (tertiary alicyclic amines) is 1. The molecule has 7 nitrogen and oxygen atoms in total. The van der Waals surface area contributed by atoms with Crippen LogP contribution in [0.25, 0.3) is 5.76 Å². The molecule has 0 bridgehead atoms. The molecule has 176 valence electrons. The maximum Gasteiger partial charge on any atom is 0.295 e. The molecule has 2 aromatic carbocycles. The number of methoxy groups -OCH3 is 1. The van der Waals surface area contributed by atoms with Gasteiger partial charge in [-0.05, 0) is 31.0 Å². The van der Waals surface area contributed by atoms with Gasteiger partial charge in [0.2, 0.25) is 0 Å². The summed E-state index contributed by atoms with van der Waals surface area (Å²) in [5.41, 5.74) is 1.16. The minimum Gasteiger partial charge on any atom is -0.507 e. The quantitative estimate of drug-likeness (QED) is 0.236. The van der Waals surface area contributed by atoms with Crippen molar-refractivity contribution in [2.75, 3.05) is 33.5 Å². The van der Waals surface area contributed by atoms with Crippen LogP contribution in [0.5, 0.6) is 11.5 Å². The smallest absolute Gasteiger partial charge is 0.295 e. The SMILES string of the molecule is CCCCOc1ccc(C2/C(=C(\O)c3ccccc3)C(=O)C(=O)N2CCOC)cc1OCC. The van der Waals surface area contributed by atoms with Crippen molar-refractivity contribution >= 4 is 17.4 Å². The molecule has 1 saturated heterocycles. The first kappa shape index (κ1) is 24.3. The Hall–Kier alpha value is -3.32. The monoisotopic (exact) mass is 453 g/mol. The zero-order chi connectivity index (χ0) is 23.8. The maximum atomic E-state index is 13.0. The van der Waals surface area contributed by atoms with Crippen LogP contribution in [0, 0.1) is 0 Å². The minimum absolute atomic E-state index is 0.0457. The normalized spacial score (nSPS) is 17.4. The molecule has 0 aromatic heterocycles.